The number of benzene rings is 1. The molecule has 0 unspecified atom stereocenters. The number of hydrogen-bond donors (Lipinski definition) is 1. The molecule has 1 aromatic heterocycles. The molecule has 1 aromatic carbocycles. The summed E-state index contributed by atoms with van der Waals surface area (Å²) in [5.41, 5.74) is 3.23. The zero-order chi connectivity index (χ0) is 20.6. The van der Waals surface area contributed by atoms with Crippen LogP contribution in [0.15, 0.2) is 22.7 Å². The van der Waals surface area contributed by atoms with Gasteiger partial charge in [0.2, 0.25) is 0 Å². The summed E-state index contributed by atoms with van der Waals surface area (Å²) in [6, 6.07) is 5.60. The van der Waals surface area contributed by atoms with E-state index in [9.17, 15) is 9.59 Å². The lowest BCUT2D eigenvalue weighted by molar-refractivity contribution is 0.0635. The third-order valence-electron chi connectivity index (χ3n) is 5.28. The molecular formula is C22H27N3O4. The first-order valence-electron chi connectivity index (χ1n) is 10.2. The quantitative estimate of drug-likeness (QED) is 0.807. The van der Waals surface area contributed by atoms with Crippen LogP contribution in [0.1, 0.15) is 67.4 Å². The number of aryl methyl sites for hydroxylation is 1. The average Bonchev–Trinajstić information content (AvgIpc) is 3.10. The van der Waals surface area contributed by atoms with Gasteiger partial charge in [-0.2, -0.15) is 0 Å². The van der Waals surface area contributed by atoms with Crippen LogP contribution in [0.5, 0.6) is 0 Å². The zero-order valence-electron chi connectivity index (χ0n) is 17.2. The predicted molar refractivity (Wildman–Crippen MR) is 109 cm³/mol. The van der Waals surface area contributed by atoms with Crippen LogP contribution >= 0.6 is 0 Å². The van der Waals surface area contributed by atoms with Gasteiger partial charge in [0.15, 0.2) is 5.69 Å². The van der Waals surface area contributed by atoms with Crippen LogP contribution in [0, 0.1) is 0 Å². The van der Waals surface area contributed by atoms with E-state index in [0.717, 1.165) is 61.1 Å². The van der Waals surface area contributed by atoms with Crippen molar-refractivity contribution in [3.05, 3.63) is 40.8 Å². The molecule has 0 spiro atoms. The maximum absolute atomic E-state index is 13.3. The van der Waals surface area contributed by atoms with Crippen LogP contribution in [0.2, 0.25) is 0 Å². The van der Waals surface area contributed by atoms with E-state index in [1.54, 1.807) is 4.90 Å². The van der Waals surface area contributed by atoms with Gasteiger partial charge in [0, 0.05) is 29.9 Å². The minimum atomic E-state index is -0.576. The summed E-state index contributed by atoms with van der Waals surface area (Å²) < 4.78 is 10.8. The van der Waals surface area contributed by atoms with Gasteiger partial charge >= 0.3 is 6.09 Å². The van der Waals surface area contributed by atoms with E-state index in [4.69, 9.17) is 9.26 Å². The second kappa shape index (κ2) is 7.54. The van der Waals surface area contributed by atoms with Crippen LogP contribution in [0.25, 0.3) is 0 Å². The Hall–Kier alpha value is -2.83. The Kier molecular flexibility index (Phi) is 5.06. The second-order valence-electron chi connectivity index (χ2n) is 8.63. The summed E-state index contributed by atoms with van der Waals surface area (Å²) in [5, 5.41) is 6.94. The van der Waals surface area contributed by atoms with Crippen LogP contribution < -0.4 is 10.2 Å². The lowest BCUT2D eigenvalue weighted by atomic mass is 9.95. The van der Waals surface area contributed by atoms with Crippen molar-refractivity contribution in [2.75, 3.05) is 16.8 Å². The van der Waals surface area contributed by atoms with Crippen LogP contribution in [-0.4, -0.2) is 29.3 Å². The average molecular weight is 397 g/mol. The monoisotopic (exact) mass is 397 g/mol. The molecule has 2 amide bonds. The standard InChI is InChI=1S/C22H27N3O4/c1-22(2,3)28-21(27)23-16-10-6-11-17-14(16)9-7-13-25(17)20(26)19-15-8-4-5-12-18(15)29-24-19/h6,10-11H,4-5,7-9,12-13H2,1-3H3,(H,23,27). The fraction of sp³-hybridized carbons (Fsp3) is 0.500. The van der Waals surface area contributed by atoms with Crippen LogP contribution in [-0.2, 0) is 24.0 Å². The summed E-state index contributed by atoms with van der Waals surface area (Å²) in [6.07, 6.45) is 4.89. The molecule has 2 aromatic rings. The SMILES string of the molecule is CC(C)(C)OC(=O)Nc1cccc2c1CCCN2C(=O)c1noc2c1CCCC2. The van der Waals surface area contributed by atoms with Gasteiger partial charge in [-0.1, -0.05) is 11.2 Å². The molecule has 154 valence electrons. The Balaban J connectivity index is 1.61. The Morgan fingerprint density at radius 1 is 1.10 bits per heavy atom. The highest BCUT2D eigenvalue weighted by molar-refractivity contribution is 6.07. The predicted octanol–water partition coefficient (Wildman–Crippen LogP) is 4.49. The topological polar surface area (TPSA) is 84.7 Å². The van der Waals surface area contributed by atoms with Crippen molar-refractivity contribution in [1.29, 1.82) is 0 Å². The van der Waals surface area contributed by atoms with Crippen molar-refractivity contribution in [2.45, 2.75) is 64.9 Å². The maximum Gasteiger partial charge on any atom is 0.412 e. The molecule has 2 heterocycles. The summed E-state index contributed by atoms with van der Waals surface area (Å²) in [4.78, 5) is 27.3. The molecule has 7 nitrogen and oxygen atoms in total. The fourth-order valence-corrected chi connectivity index (χ4v) is 4.05. The summed E-state index contributed by atoms with van der Waals surface area (Å²) in [6.45, 7) is 6.09. The maximum atomic E-state index is 13.3. The Morgan fingerprint density at radius 2 is 1.86 bits per heavy atom. The molecule has 0 radical (unpaired) electrons. The molecule has 1 aliphatic heterocycles. The van der Waals surface area contributed by atoms with Crippen LogP contribution in [0.3, 0.4) is 0 Å². The molecule has 2 aliphatic rings. The van der Waals surface area contributed by atoms with Crippen molar-refractivity contribution in [2.24, 2.45) is 0 Å². The summed E-state index contributed by atoms with van der Waals surface area (Å²) in [5.74, 6) is 0.712. The van der Waals surface area contributed by atoms with E-state index in [1.807, 2.05) is 39.0 Å². The first-order chi connectivity index (χ1) is 13.8. The summed E-state index contributed by atoms with van der Waals surface area (Å²) >= 11 is 0. The Morgan fingerprint density at radius 3 is 2.66 bits per heavy atom. The fourth-order valence-electron chi connectivity index (χ4n) is 4.05. The third-order valence-corrected chi connectivity index (χ3v) is 5.28. The van der Waals surface area contributed by atoms with Gasteiger partial charge in [0.25, 0.3) is 5.91 Å². The van der Waals surface area contributed by atoms with E-state index < -0.39 is 11.7 Å². The van der Waals surface area contributed by atoms with Gasteiger partial charge < -0.3 is 14.2 Å². The van der Waals surface area contributed by atoms with E-state index in [2.05, 4.69) is 10.5 Å². The molecule has 1 aliphatic carbocycles. The number of aromatic nitrogens is 1. The number of anilines is 2. The van der Waals surface area contributed by atoms with Crippen molar-refractivity contribution >= 4 is 23.4 Å². The highest BCUT2D eigenvalue weighted by Crippen LogP contribution is 2.35. The molecule has 29 heavy (non-hydrogen) atoms. The molecule has 0 fully saturated rings. The van der Waals surface area contributed by atoms with Crippen molar-refractivity contribution in [3.63, 3.8) is 0 Å². The molecule has 0 bridgehead atoms. The zero-order valence-corrected chi connectivity index (χ0v) is 17.2. The van der Waals surface area contributed by atoms with E-state index in [-0.39, 0.29) is 5.91 Å². The first-order valence-corrected chi connectivity index (χ1v) is 10.2. The largest absolute Gasteiger partial charge is 0.444 e. The van der Waals surface area contributed by atoms with E-state index in [0.29, 0.717) is 17.9 Å². The molecule has 0 saturated carbocycles. The van der Waals surface area contributed by atoms with Crippen molar-refractivity contribution in [3.8, 4) is 0 Å². The smallest absolute Gasteiger partial charge is 0.412 e. The van der Waals surface area contributed by atoms with E-state index >= 15 is 0 Å². The Bertz CT molecular complexity index is 942. The second-order valence-corrected chi connectivity index (χ2v) is 8.63. The van der Waals surface area contributed by atoms with Gasteiger partial charge in [-0.3, -0.25) is 10.1 Å². The molecule has 0 saturated heterocycles. The van der Waals surface area contributed by atoms with Gasteiger partial charge in [0.1, 0.15) is 11.4 Å². The molecule has 1 N–H and O–H groups in total. The number of nitrogens with zero attached hydrogens (tertiary/aromatic N) is 2. The highest BCUT2D eigenvalue weighted by Gasteiger charge is 2.31. The minimum Gasteiger partial charge on any atom is -0.444 e. The third kappa shape index (κ3) is 3.99. The lowest BCUT2D eigenvalue weighted by Gasteiger charge is -2.31. The molecular weight excluding hydrogens is 370 g/mol. The van der Waals surface area contributed by atoms with Crippen molar-refractivity contribution in [1.82, 2.24) is 5.16 Å². The lowest BCUT2D eigenvalue weighted by Crippen LogP contribution is -2.37. The molecule has 0 atom stereocenters. The minimum absolute atomic E-state index is 0.132. The number of nitrogens with one attached hydrogen (secondary N) is 1. The van der Waals surface area contributed by atoms with E-state index in [1.165, 1.54) is 0 Å². The highest BCUT2D eigenvalue weighted by atomic mass is 16.6. The van der Waals surface area contributed by atoms with Gasteiger partial charge in [0.05, 0.1) is 0 Å². The van der Waals surface area contributed by atoms with Gasteiger partial charge in [-0.05, 0) is 70.6 Å². The van der Waals surface area contributed by atoms with Crippen molar-refractivity contribution < 1.29 is 18.8 Å². The number of fused-ring (bicyclic) bond motifs is 2. The Labute approximate surface area is 170 Å². The molecule has 7 heteroatoms. The summed E-state index contributed by atoms with van der Waals surface area (Å²) in [7, 11) is 0. The number of amides is 2. The van der Waals surface area contributed by atoms with Crippen LogP contribution in [0.4, 0.5) is 16.2 Å². The molecule has 4 rings (SSSR count). The normalized spacial score (nSPS) is 16.0. The number of carbonyl (C=O) groups is 2. The van der Waals surface area contributed by atoms with Gasteiger partial charge in [-0.25, -0.2) is 4.79 Å². The van der Waals surface area contributed by atoms with Gasteiger partial charge in [-0.15, -0.1) is 0 Å². The number of ether oxygens (including phenoxy) is 1. The number of carbonyl (C=O) groups excluding carboxylic acids is 2. The number of rotatable bonds is 2. The first kappa shape index (κ1) is 19.5. The number of hydrogen-bond acceptors (Lipinski definition) is 5.